The van der Waals surface area contributed by atoms with Gasteiger partial charge < -0.3 is 9.88 Å². The van der Waals surface area contributed by atoms with Crippen molar-refractivity contribution in [3.63, 3.8) is 0 Å². The normalized spacial score (nSPS) is 11.2. The second kappa shape index (κ2) is 9.36. The third-order valence-corrected chi connectivity index (χ3v) is 4.82. The van der Waals surface area contributed by atoms with Gasteiger partial charge in [-0.3, -0.25) is 4.79 Å². The lowest BCUT2D eigenvalue weighted by Crippen LogP contribution is -2.28. The van der Waals surface area contributed by atoms with Crippen molar-refractivity contribution in [2.24, 2.45) is 5.92 Å². The Morgan fingerprint density at radius 3 is 2.52 bits per heavy atom. The molecule has 3 rings (SSSR count). The number of aryl methyl sites for hydroxylation is 1. The molecule has 4 nitrogen and oxygen atoms in total. The number of aromatic nitrogens is 2. The minimum Gasteiger partial charge on any atom is -0.356 e. The fourth-order valence-electron chi connectivity index (χ4n) is 3.26. The number of nitrogens with zero attached hydrogens (tertiary/aromatic N) is 2. The van der Waals surface area contributed by atoms with E-state index in [0.717, 1.165) is 50.1 Å². The number of amides is 1. The summed E-state index contributed by atoms with van der Waals surface area (Å²) in [6, 6.07) is 18.9. The van der Waals surface area contributed by atoms with Gasteiger partial charge in [-0.2, -0.15) is 0 Å². The molecule has 0 saturated carbocycles. The van der Waals surface area contributed by atoms with Gasteiger partial charge in [-0.05, 0) is 30.5 Å². The number of imidazole rings is 1. The Labute approximate surface area is 161 Å². The van der Waals surface area contributed by atoms with Gasteiger partial charge in [-0.15, -0.1) is 0 Å². The number of unbranched alkanes of at least 4 members (excludes halogenated alkanes) is 2. The van der Waals surface area contributed by atoms with Gasteiger partial charge in [0.1, 0.15) is 5.82 Å². The predicted molar refractivity (Wildman–Crippen MR) is 111 cm³/mol. The Hall–Kier alpha value is -2.62. The molecule has 1 amide bonds. The van der Waals surface area contributed by atoms with Gasteiger partial charge in [0.05, 0.1) is 11.0 Å². The van der Waals surface area contributed by atoms with Crippen LogP contribution in [0, 0.1) is 5.92 Å². The molecule has 4 heteroatoms. The van der Waals surface area contributed by atoms with E-state index < -0.39 is 0 Å². The third kappa shape index (κ3) is 5.19. The first-order valence-electron chi connectivity index (χ1n) is 9.91. The molecular formula is C23H29N3O. The van der Waals surface area contributed by atoms with Crippen LogP contribution in [0.4, 0.5) is 0 Å². The quantitative estimate of drug-likeness (QED) is 0.566. The molecule has 0 radical (unpaired) electrons. The first kappa shape index (κ1) is 19.2. The van der Waals surface area contributed by atoms with Gasteiger partial charge in [-0.25, -0.2) is 4.98 Å². The summed E-state index contributed by atoms with van der Waals surface area (Å²) in [5.41, 5.74) is 3.55. The second-order valence-corrected chi connectivity index (χ2v) is 7.34. The maximum absolute atomic E-state index is 11.6. The molecule has 1 aromatic heterocycles. The Morgan fingerprint density at radius 1 is 1.00 bits per heavy atom. The second-order valence-electron chi connectivity index (χ2n) is 7.34. The molecule has 2 aromatic carbocycles. The maximum atomic E-state index is 11.6. The molecule has 0 unspecified atom stereocenters. The third-order valence-electron chi connectivity index (χ3n) is 4.82. The molecule has 0 aliphatic carbocycles. The number of carbonyl (C=O) groups excluding carboxylic acids is 1. The lowest BCUT2D eigenvalue weighted by atomic mass is 10.1. The number of carbonyl (C=O) groups is 1. The Morgan fingerprint density at radius 2 is 1.74 bits per heavy atom. The molecule has 1 heterocycles. The van der Waals surface area contributed by atoms with Crippen molar-refractivity contribution in [1.82, 2.24) is 14.9 Å². The number of hydrogen-bond donors (Lipinski definition) is 1. The summed E-state index contributed by atoms with van der Waals surface area (Å²) in [7, 11) is 0. The van der Waals surface area contributed by atoms with Crippen molar-refractivity contribution in [3.8, 4) is 0 Å². The molecule has 27 heavy (non-hydrogen) atoms. The minimum absolute atomic E-state index is 0.0582. The molecular weight excluding hydrogens is 334 g/mol. The molecule has 0 aliphatic heterocycles. The average molecular weight is 364 g/mol. The largest absolute Gasteiger partial charge is 0.356 e. The van der Waals surface area contributed by atoms with E-state index in [4.69, 9.17) is 4.98 Å². The van der Waals surface area contributed by atoms with Gasteiger partial charge >= 0.3 is 0 Å². The highest BCUT2D eigenvalue weighted by atomic mass is 16.1. The van der Waals surface area contributed by atoms with Crippen LogP contribution in [-0.2, 0) is 17.8 Å². The number of para-hydroxylation sites is 2. The molecule has 0 bridgehead atoms. The van der Waals surface area contributed by atoms with Crippen molar-refractivity contribution in [2.45, 2.75) is 46.1 Å². The summed E-state index contributed by atoms with van der Waals surface area (Å²) in [6.45, 7) is 5.46. The highest BCUT2D eigenvalue weighted by Crippen LogP contribution is 2.19. The van der Waals surface area contributed by atoms with Crippen LogP contribution in [0.25, 0.3) is 11.0 Å². The van der Waals surface area contributed by atoms with E-state index >= 15 is 0 Å². The van der Waals surface area contributed by atoms with Crippen molar-refractivity contribution in [2.75, 3.05) is 6.54 Å². The average Bonchev–Trinajstić information content (AvgIpc) is 3.02. The molecule has 1 N–H and O–H groups in total. The molecule has 3 aromatic rings. The summed E-state index contributed by atoms with van der Waals surface area (Å²) >= 11 is 0. The first-order chi connectivity index (χ1) is 13.1. The molecule has 0 atom stereocenters. The fraction of sp³-hybridized carbons (Fsp3) is 0.391. The fourth-order valence-corrected chi connectivity index (χ4v) is 3.26. The van der Waals surface area contributed by atoms with Gasteiger partial charge in [-0.1, -0.05) is 62.7 Å². The van der Waals surface area contributed by atoms with Gasteiger partial charge in [0.2, 0.25) is 5.91 Å². The van der Waals surface area contributed by atoms with Crippen molar-refractivity contribution in [1.29, 1.82) is 0 Å². The summed E-state index contributed by atoms with van der Waals surface area (Å²) < 4.78 is 2.34. The van der Waals surface area contributed by atoms with Crippen molar-refractivity contribution < 1.29 is 4.79 Å². The van der Waals surface area contributed by atoms with E-state index in [9.17, 15) is 4.79 Å². The lowest BCUT2D eigenvalue weighted by molar-refractivity contribution is -0.123. The molecule has 0 fully saturated rings. The minimum atomic E-state index is 0.0582. The van der Waals surface area contributed by atoms with E-state index in [1.165, 1.54) is 11.1 Å². The zero-order chi connectivity index (χ0) is 19.1. The van der Waals surface area contributed by atoms with Gasteiger partial charge in [0, 0.05) is 25.4 Å². The van der Waals surface area contributed by atoms with Crippen LogP contribution in [-0.4, -0.2) is 22.0 Å². The van der Waals surface area contributed by atoms with Crippen LogP contribution in [0.5, 0.6) is 0 Å². The molecule has 0 aliphatic rings. The summed E-state index contributed by atoms with van der Waals surface area (Å²) in [6.07, 6.45) is 4.14. The Kier molecular flexibility index (Phi) is 6.64. The van der Waals surface area contributed by atoms with E-state index in [1.807, 2.05) is 19.9 Å². The maximum Gasteiger partial charge on any atom is 0.222 e. The zero-order valence-electron chi connectivity index (χ0n) is 16.3. The Bertz CT molecular complexity index is 868. The van der Waals surface area contributed by atoms with Crippen LogP contribution in [0.3, 0.4) is 0 Å². The van der Waals surface area contributed by atoms with Crippen molar-refractivity contribution in [3.05, 3.63) is 66.0 Å². The summed E-state index contributed by atoms with van der Waals surface area (Å²) in [5.74, 6) is 1.34. The van der Waals surface area contributed by atoms with Gasteiger partial charge in [0.25, 0.3) is 0 Å². The molecule has 0 spiro atoms. The highest BCUT2D eigenvalue weighted by molar-refractivity contribution is 5.77. The van der Waals surface area contributed by atoms with E-state index in [0.29, 0.717) is 0 Å². The number of benzene rings is 2. The monoisotopic (exact) mass is 363 g/mol. The predicted octanol–water partition coefficient (Wildman–Crippen LogP) is 4.57. The molecule has 142 valence electrons. The topological polar surface area (TPSA) is 46.9 Å². The van der Waals surface area contributed by atoms with E-state index in [2.05, 4.69) is 58.4 Å². The van der Waals surface area contributed by atoms with Crippen LogP contribution < -0.4 is 5.32 Å². The van der Waals surface area contributed by atoms with Crippen LogP contribution in [0.2, 0.25) is 0 Å². The summed E-state index contributed by atoms with van der Waals surface area (Å²) in [4.78, 5) is 16.5. The van der Waals surface area contributed by atoms with Crippen LogP contribution in [0.1, 0.15) is 44.5 Å². The van der Waals surface area contributed by atoms with E-state index in [1.54, 1.807) is 0 Å². The standard InChI is InChI=1S/C23H29N3O/c1-18(2)23(27)24-16-10-4-7-15-22-25-20-13-8-9-14-21(20)26(22)17-19-11-5-3-6-12-19/h3,5-6,8-9,11-14,18H,4,7,10,15-17H2,1-2H3,(H,24,27). The van der Waals surface area contributed by atoms with Crippen LogP contribution in [0.15, 0.2) is 54.6 Å². The first-order valence-corrected chi connectivity index (χ1v) is 9.91. The lowest BCUT2D eigenvalue weighted by Gasteiger charge is -2.10. The highest BCUT2D eigenvalue weighted by Gasteiger charge is 2.11. The van der Waals surface area contributed by atoms with E-state index in [-0.39, 0.29) is 11.8 Å². The number of hydrogen-bond acceptors (Lipinski definition) is 2. The number of fused-ring (bicyclic) bond motifs is 1. The smallest absolute Gasteiger partial charge is 0.222 e. The number of nitrogens with one attached hydrogen (secondary N) is 1. The van der Waals surface area contributed by atoms with Crippen LogP contribution >= 0.6 is 0 Å². The molecule has 0 saturated heterocycles. The number of rotatable bonds is 9. The summed E-state index contributed by atoms with van der Waals surface area (Å²) in [5, 5.41) is 2.99. The van der Waals surface area contributed by atoms with Crippen molar-refractivity contribution >= 4 is 16.9 Å². The SMILES string of the molecule is CC(C)C(=O)NCCCCCc1nc2ccccc2n1Cc1ccccc1. The van der Waals surface area contributed by atoms with Gasteiger partial charge in [0.15, 0.2) is 0 Å². The Balaban J connectivity index is 1.60. The zero-order valence-corrected chi connectivity index (χ0v) is 16.3.